The fraction of sp³-hybridized carbons (Fsp3) is 0.636. The average molecular weight is 254 g/mol. The molecule has 18 heavy (non-hydrogen) atoms. The predicted octanol–water partition coefficient (Wildman–Crippen LogP) is 0.673. The molecule has 1 aromatic rings. The molecule has 1 aromatic heterocycles. The number of rotatable bonds is 8. The quantitative estimate of drug-likeness (QED) is 0.665. The highest BCUT2D eigenvalue weighted by atomic mass is 16.4. The van der Waals surface area contributed by atoms with E-state index in [9.17, 15) is 9.59 Å². The van der Waals surface area contributed by atoms with Gasteiger partial charge < -0.3 is 10.4 Å². The van der Waals surface area contributed by atoms with Gasteiger partial charge in [-0.05, 0) is 6.42 Å². The van der Waals surface area contributed by atoms with Gasteiger partial charge in [-0.3, -0.25) is 4.79 Å². The molecule has 0 aliphatic carbocycles. The predicted molar refractivity (Wildman–Crippen MR) is 64.1 cm³/mol. The van der Waals surface area contributed by atoms with E-state index < -0.39 is 5.97 Å². The lowest BCUT2D eigenvalue weighted by Crippen LogP contribution is -2.28. The maximum absolute atomic E-state index is 11.5. The lowest BCUT2D eigenvalue weighted by molar-refractivity contribution is -0.121. The van der Waals surface area contributed by atoms with E-state index >= 15 is 0 Å². The Bertz CT molecular complexity index is 403. The minimum atomic E-state index is -1.15. The summed E-state index contributed by atoms with van der Waals surface area (Å²) in [5, 5.41) is 18.4. The number of carbonyl (C=O) groups excluding carboxylic acids is 1. The van der Waals surface area contributed by atoms with Gasteiger partial charge >= 0.3 is 5.97 Å². The second-order valence-electron chi connectivity index (χ2n) is 4.02. The third kappa shape index (κ3) is 4.94. The van der Waals surface area contributed by atoms with Crippen molar-refractivity contribution < 1.29 is 14.7 Å². The van der Waals surface area contributed by atoms with Crippen LogP contribution in [0.4, 0.5) is 0 Å². The van der Waals surface area contributed by atoms with Crippen LogP contribution in [-0.2, 0) is 11.3 Å². The van der Waals surface area contributed by atoms with E-state index in [0.29, 0.717) is 6.54 Å². The van der Waals surface area contributed by atoms with Crippen molar-refractivity contribution in [3.05, 3.63) is 11.9 Å². The second-order valence-corrected chi connectivity index (χ2v) is 4.02. The topological polar surface area (TPSA) is 97.1 Å². The molecule has 0 atom stereocenters. The fourth-order valence-electron chi connectivity index (χ4n) is 1.46. The van der Waals surface area contributed by atoms with Crippen LogP contribution >= 0.6 is 0 Å². The van der Waals surface area contributed by atoms with Gasteiger partial charge in [0.25, 0.3) is 0 Å². The maximum Gasteiger partial charge on any atom is 0.358 e. The van der Waals surface area contributed by atoms with Gasteiger partial charge in [-0.2, -0.15) is 0 Å². The molecule has 0 saturated heterocycles. The summed E-state index contributed by atoms with van der Waals surface area (Å²) in [6, 6.07) is 0. The van der Waals surface area contributed by atoms with Crippen molar-refractivity contribution in [1.82, 2.24) is 20.3 Å². The van der Waals surface area contributed by atoms with E-state index in [4.69, 9.17) is 5.11 Å². The van der Waals surface area contributed by atoms with Crippen LogP contribution in [0.3, 0.4) is 0 Å². The van der Waals surface area contributed by atoms with Crippen LogP contribution in [-0.4, -0.2) is 38.5 Å². The minimum absolute atomic E-state index is 0.00590. The zero-order valence-corrected chi connectivity index (χ0v) is 10.4. The number of nitrogens with one attached hydrogen (secondary N) is 1. The van der Waals surface area contributed by atoms with Gasteiger partial charge in [-0.1, -0.05) is 31.4 Å². The number of aromatic nitrogens is 3. The highest BCUT2D eigenvalue weighted by molar-refractivity contribution is 5.84. The number of hydrogen-bond donors (Lipinski definition) is 2. The first kappa shape index (κ1) is 14.1. The first-order valence-electron chi connectivity index (χ1n) is 6.03. The molecule has 0 aliphatic heterocycles. The van der Waals surface area contributed by atoms with Crippen LogP contribution in [0.2, 0.25) is 0 Å². The van der Waals surface area contributed by atoms with E-state index in [-0.39, 0.29) is 18.1 Å². The van der Waals surface area contributed by atoms with Gasteiger partial charge in [0, 0.05) is 6.54 Å². The Balaban J connectivity index is 2.24. The Morgan fingerprint density at radius 1 is 1.39 bits per heavy atom. The molecule has 7 nitrogen and oxygen atoms in total. The fourth-order valence-corrected chi connectivity index (χ4v) is 1.46. The summed E-state index contributed by atoms with van der Waals surface area (Å²) in [6.45, 7) is 2.76. The Morgan fingerprint density at radius 2 is 2.17 bits per heavy atom. The number of nitrogens with zero attached hydrogens (tertiary/aromatic N) is 3. The summed E-state index contributed by atoms with van der Waals surface area (Å²) in [5.74, 6) is -1.34. The Hall–Kier alpha value is -1.92. The van der Waals surface area contributed by atoms with E-state index in [1.54, 1.807) is 0 Å². The molecule has 0 aliphatic rings. The van der Waals surface area contributed by atoms with Crippen molar-refractivity contribution in [2.24, 2.45) is 0 Å². The van der Waals surface area contributed by atoms with Gasteiger partial charge in [0.05, 0.1) is 6.20 Å². The molecule has 7 heteroatoms. The Kier molecular flexibility index (Phi) is 5.83. The average Bonchev–Trinajstić information content (AvgIpc) is 2.77. The number of carboxylic acids is 1. The summed E-state index contributed by atoms with van der Waals surface area (Å²) < 4.78 is 1.21. The number of carboxylic acid groups (broad SMARTS) is 1. The van der Waals surface area contributed by atoms with E-state index in [2.05, 4.69) is 22.6 Å². The largest absolute Gasteiger partial charge is 0.476 e. The number of hydrogen-bond acceptors (Lipinski definition) is 4. The molecular formula is C11H18N4O3. The minimum Gasteiger partial charge on any atom is -0.476 e. The lowest BCUT2D eigenvalue weighted by atomic mass is 10.2. The van der Waals surface area contributed by atoms with Gasteiger partial charge in [0.2, 0.25) is 5.91 Å². The van der Waals surface area contributed by atoms with Gasteiger partial charge in [0.15, 0.2) is 5.69 Å². The van der Waals surface area contributed by atoms with Crippen molar-refractivity contribution in [2.45, 2.75) is 39.2 Å². The van der Waals surface area contributed by atoms with Crippen molar-refractivity contribution in [1.29, 1.82) is 0 Å². The summed E-state index contributed by atoms with van der Waals surface area (Å²) in [4.78, 5) is 22.0. The molecule has 0 radical (unpaired) electrons. The van der Waals surface area contributed by atoms with Crippen LogP contribution < -0.4 is 5.32 Å². The monoisotopic (exact) mass is 254 g/mol. The number of unbranched alkanes of at least 4 members (excludes halogenated alkanes) is 3. The van der Waals surface area contributed by atoms with Gasteiger partial charge in [0.1, 0.15) is 6.54 Å². The molecule has 0 saturated carbocycles. The molecule has 1 heterocycles. The third-order valence-electron chi connectivity index (χ3n) is 2.42. The first-order chi connectivity index (χ1) is 8.63. The van der Waals surface area contributed by atoms with E-state index in [1.165, 1.54) is 17.3 Å². The van der Waals surface area contributed by atoms with Crippen LogP contribution in [0, 0.1) is 0 Å². The molecule has 2 N–H and O–H groups in total. The Morgan fingerprint density at radius 3 is 2.78 bits per heavy atom. The Labute approximate surface area is 105 Å². The number of aromatic carboxylic acids is 1. The number of amides is 1. The zero-order chi connectivity index (χ0) is 13.4. The van der Waals surface area contributed by atoms with Crippen molar-refractivity contribution in [2.75, 3.05) is 6.54 Å². The van der Waals surface area contributed by atoms with Gasteiger partial charge in [-0.25, -0.2) is 9.48 Å². The molecule has 0 spiro atoms. The third-order valence-corrected chi connectivity index (χ3v) is 2.42. The van der Waals surface area contributed by atoms with Crippen LogP contribution in [0.25, 0.3) is 0 Å². The molecule has 100 valence electrons. The summed E-state index contributed by atoms with van der Waals surface area (Å²) in [5.41, 5.74) is -0.161. The van der Waals surface area contributed by atoms with Crippen LogP contribution in [0.1, 0.15) is 43.1 Å². The first-order valence-corrected chi connectivity index (χ1v) is 6.03. The van der Waals surface area contributed by atoms with E-state index in [1.807, 2.05) is 0 Å². The van der Waals surface area contributed by atoms with Crippen molar-refractivity contribution in [3.63, 3.8) is 0 Å². The molecule has 0 unspecified atom stereocenters. The van der Waals surface area contributed by atoms with Crippen molar-refractivity contribution >= 4 is 11.9 Å². The second kappa shape index (κ2) is 7.41. The van der Waals surface area contributed by atoms with Crippen LogP contribution in [0.15, 0.2) is 6.20 Å². The van der Waals surface area contributed by atoms with Crippen LogP contribution in [0.5, 0.6) is 0 Å². The normalized spacial score (nSPS) is 10.3. The van der Waals surface area contributed by atoms with E-state index in [0.717, 1.165) is 19.3 Å². The highest BCUT2D eigenvalue weighted by Crippen LogP contribution is 1.97. The SMILES string of the molecule is CCCCCCNC(=O)Cn1cc(C(=O)O)nn1. The summed E-state index contributed by atoms with van der Waals surface area (Å²) in [7, 11) is 0. The summed E-state index contributed by atoms with van der Waals surface area (Å²) >= 11 is 0. The molecule has 0 aromatic carbocycles. The smallest absolute Gasteiger partial charge is 0.358 e. The standard InChI is InChI=1S/C11H18N4O3/c1-2-3-4-5-6-12-10(16)8-15-7-9(11(17)18)13-14-15/h7H,2-6,8H2,1H3,(H,12,16)(H,17,18). The lowest BCUT2D eigenvalue weighted by Gasteiger charge is -2.04. The molecule has 1 rings (SSSR count). The molecule has 1 amide bonds. The molecule has 0 bridgehead atoms. The number of carbonyl (C=O) groups is 2. The zero-order valence-electron chi connectivity index (χ0n) is 10.4. The molecular weight excluding hydrogens is 236 g/mol. The maximum atomic E-state index is 11.5. The summed E-state index contributed by atoms with van der Waals surface area (Å²) in [6.07, 6.45) is 5.62. The van der Waals surface area contributed by atoms with Gasteiger partial charge in [-0.15, -0.1) is 5.10 Å². The molecule has 0 fully saturated rings. The highest BCUT2D eigenvalue weighted by Gasteiger charge is 2.10. The van der Waals surface area contributed by atoms with Crippen molar-refractivity contribution in [3.8, 4) is 0 Å².